The lowest BCUT2D eigenvalue weighted by molar-refractivity contribution is -0.138. The van der Waals surface area contributed by atoms with Crippen molar-refractivity contribution in [2.45, 2.75) is 38.3 Å². The van der Waals surface area contributed by atoms with Crippen molar-refractivity contribution in [3.05, 3.63) is 63.7 Å². The molecule has 3 rings (SSSR count). The van der Waals surface area contributed by atoms with Crippen LogP contribution in [0.4, 0.5) is 32.0 Å². The van der Waals surface area contributed by atoms with E-state index in [-0.39, 0.29) is 36.3 Å². The number of piperazine rings is 1. The number of alkyl halides is 6. The fourth-order valence-corrected chi connectivity index (χ4v) is 4.21. The number of carbonyl (C=O) groups excluding carboxylic acids is 1. The summed E-state index contributed by atoms with van der Waals surface area (Å²) in [6.07, 6.45) is -8.49. The Morgan fingerprint density at radius 2 is 1.64 bits per heavy atom. The highest BCUT2D eigenvalue weighted by molar-refractivity contribution is 6.33. The molecule has 33 heavy (non-hydrogen) atoms. The topological polar surface area (TPSA) is 49.6 Å². The Labute approximate surface area is 191 Å². The van der Waals surface area contributed by atoms with E-state index in [4.69, 9.17) is 17.3 Å². The molecule has 2 aromatic rings. The third-order valence-corrected chi connectivity index (χ3v) is 6.02. The van der Waals surface area contributed by atoms with Crippen LogP contribution in [0.15, 0.2) is 36.4 Å². The average molecular weight is 494 g/mol. The van der Waals surface area contributed by atoms with Crippen molar-refractivity contribution >= 4 is 23.2 Å². The van der Waals surface area contributed by atoms with Gasteiger partial charge in [0.2, 0.25) is 0 Å². The van der Waals surface area contributed by atoms with Gasteiger partial charge in [-0.2, -0.15) is 26.3 Å². The van der Waals surface area contributed by atoms with Gasteiger partial charge in [0.25, 0.3) is 5.91 Å². The summed E-state index contributed by atoms with van der Waals surface area (Å²) in [7, 11) is 0. The second-order valence-electron chi connectivity index (χ2n) is 7.74. The first-order valence-electron chi connectivity index (χ1n) is 10.2. The molecule has 11 heteroatoms. The first-order chi connectivity index (χ1) is 15.4. The summed E-state index contributed by atoms with van der Waals surface area (Å²) in [4.78, 5) is 16.4. The molecule has 2 aromatic carbocycles. The fourth-order valence-electron chi connectivity index (χ4n) is 3.95. The molecule has 0 aliphatic carbocycles. The highest BCUT2D eigenvalue weighted by Crippen LogP contribution is 2.35. The van der Waals surface area contributed by atoms with E-state index in [1.165, 1.54) is 11.0 Å². The van der Waals surface area contributed by atoms with Gasteiger partial charge in [-0.3, -0.25) is 4.79 Å². The Hall–Kier alpha value is -2.46. The SMILES string of the molecule is CC[C@@H]1CN(C(=O)c2ccc(C(F)(F)F)cc2Cl)CCN1c1ccc(C(F)(F)F)cc1CN. The maximum absolute atomic E-state index is 13.1. The van der Waals surface area contributed by atoms with Crippen molar-refractivity contribution in [1.82, 2.24) is 4.90 Å². The van der Waals surface area contributed by atoms with Crippen LogP contribution in [0.1, 0.15) is 40.4 Å². The van der Waals surface area contributed by atoms with Gasteiger partial charge in [0.1, 0.15) is 0 Å². The molecule has 1 atom stereocenters. The van der Waals surface area contributed by atoms with Crippen molar-refractivity contribution in [2.24, 2.45) is 5.73 Å². The van der Waals surface area contributed by atoms with E-state index in [9.17, 15) is 31.1 Å². The van der Waals surface area contributed by atoms with Gasteiger partial charge in [-0.05, 0) is 48.4 Å². The number of rotatable bonds is 4. The van der Waals surface area contributed by atoms with E-state index in [0.29, 0.717) is 24.2 Å². The third-order valence-electron chi connectivity index (χ3n) is 5.70. The van der Waals surface area contributed by atoms with E-state index >= 15 is 0 Å². The van der Waals surface area contributed by atoms with E-state index < -0.39 is 29.4 Å². The van der Waals surface area contributed by atoms with Gasteiger partial charge in [-0.1, -0.05) is 18.5 Å². The second kappa shape index (κ2) is 9.42. The van der Waals surface area contributed by atoms with Gasteiger partial charge >= 0.3 is 12.4 Å². The molecule has 0 spiro atoms. The quantitative estimate of drug-likeness (QED) is 0.566. The van der Waals surface area contributed by atoms with Crippen LogP contribution >= 0.6 is 11.6 Å². The highest BCUT2D eigenvalue weighted by atomic mass is 35.5. The lowest BCUT2D eigenvalue weighted by Gasteiger charge is -2.43. The summed E-state index contributed by atoms with van der Waals surface area (Å²) in [6.45, 7) is 2.56. The van der Waals surface area contributed by atoms with Gasteiger partial charge in [-0.25, -0.2) is 0 Å². The maximum Gasteiger partial charge on any atom is 0.416 e. The number of nitrogens with two attached hydrogens (primary N) is 1. The van der Waals surface area contributed by atoms with Crippen LogP contribution in [-0.4, -0.2) is 36.5 Å². The molecule has 0 unspecified atom stereocenters. The summed E-state index contributed by atoms with van der Waals surface area (Å²) in [5.74, 6) is -0.502. The Balaban J connectivity index is 1.82. The van der Waals surface area contributed by atoms with Crippen molar-refractivity contribution in [3.63, 3.8) is 0 Å². The maximum atomic E-state index is 13.1. The first-order valence-corrected chi connectivity index (χ1v) is 10.6. The fraction of sp³-hybridized carbons (Fsp3) is 0.409. The van der Waals surface area contributed by atoms with Crippen molar-refractivity contribution < 1.29 is 31.1 Å². The predicted octanol–water partition coefficient (Wildman–Crippen LogP) is 5.58. The molecule has 2 N–H and O–H groups in total. The molecule has 0 radical (unpaired) electrons. The molecule has 0 saturated carbocycles. The average Bonchev–Trinajstić information content (AvgIpc) is 2.76. The number of hydrogen-bond donors (Lipinski definition) is 1. The minimum absolute atomic E-state index is 0.0369. The zero-order valence-electron chi connectivity index (χ0n) is 17.6. The molecule has 1 aliphatic rings. The number of amides is 1. The molecular formula is C22H22ClF6N3O. The standard InChI is InChI=1S/C22H22ClF6N3O/c1-2-16-12-31(20(33)17-5-3-15(10-18(17)23)22(27,28)29)7-8-32(16)19-6-4-14(21(24,25)26)9-13(19)11-30/h3-6,9-10,16H,2,7-8,11-12,30H2,1H3/t16-/m1/s1. The number of benzene rings is 2. The summed E-state index contributed by atoms with van der Waals surface area (Å²) >= 11 is 5.97. The van der Waals surface area contributed by atoms with Crippen molar-refractivity contribution in [1.29, 1.82) is 0 Å². The summed E-state index contributed by atoms with van der Waals surface area (Å²) in [5.41, 5.74) is 4.85. The Kier molecular flexibility index (Phi) is 7.18. The first kappa shape index (κ1) is 25.2. The van der Waals surface area contributed by atoms with Crippen LogP contribution in [0.2, 0.25) is 5.02 Å². The van der Waals surface area contributed by atoms with Gasteiger partial charge in [0.05, 0.1) is 21.7 Å². The minimum Gasteiger partial charge on any atom is -0.365 e. The molecule has 0 bridgehead atoms. The molecule has 1 amide bonds. The zero-order chi connectivity index (χ0) is 24.6. The molecule has 4 nitrogen and oxygen atoms in total. The summed E-state index contributed by atoms with van der Waals surface area (Å²) < 4.78 is 77.9. The van der Waals surface area contributed by atoms with Crippen molar-refractivity contribution in [3.8, 4) is 0 Å². The Morgan fingerprint density at radius 3 is 2.18 bits per heavy atom. The Morgan fingerprint density at radius 1 is 1.03 bits per heavy atom. The molecule has 0 aromatic heterocycles. The molecule has 1 aliphatic heterocycles. The number of halogens is 7. The van der Waals surface area contributed by atoms with Crippen LogP contribution in [0.3, 0.4) is 0 Å². The zero-order valence-corrected chi connectivity index (χ0v) is 18.4. The lowest BCUT2D eigenvalue weighted by Crippen LogP contribution is -2.55. The normalized spacial score (nSPS) is 17.4. The molecule has 1 saturated heterocycles. The lowest BCUT2D eigenvalue weighted by atomic mass is 10.0. The monoisotopic (exact) mass is 493 g/mol. The smallest absolute Gasteiger partial charge is 0.365 e. The largest absolute Gasteiger partial charge is 0.416 e. The van der Waals surface area contributed by atoms with Crippen LogP contribution in [-0.2, 0) is 18.9 Å². The molecule has 180 valence electrons. The van der Waals surface area contributed by atoms with Gasteiger partial charge in [0.15, 0.2) is 0 Å². The number of nitrogens with zero attached hydrogens (tertiary/aromatic N) is 2. The molecule has 1 heterocycles. The van der Waals surface area contributed by atoms with Gasteiger partial charge in [0, 0.05) is 37.9 Å². The van der Waals surface area contributed by atoms with Crippen LogP contribution in [0.5, 0.6) is 0 Å². The van der Waals surface area contributed by atoms with Crippen LogP contribution in [0, 0.1) is 0 Å². The van der Waals surface area contributed by atoms with Crippen LogP contribution < -0.4 is 10.6 Å². The third kappa shape index (κ3) is 5.38. The number of hydrogen-bond acceptors (Lipinski definition) is 3. The second-order valence-corrected chi connectivity index (χ2v) is 8.15. The predicted molar refractivity (Wildman–Crippen MR) is 113 cm³/mol. The van der Waals surface area contributed by atoms with Crippen molar-refractivity contribution in [2.75, 3.05) is 24.5 Å². The van der Waals surface area contributed by atoms with Crippen LogP contribution in [0.25, 0.3) is 0 Å². The van der Waals surface area contributed by atoms with E-state index in [1.54, 1.807) is 0 Å². The van der Waals surface area contributed by atoms with E-state index in [0.717, 1.165) is 30.3 Å². The number of anilines is 1. The molecular weight excluding hydrogens is 472 g/mol. The van der Waals surface area contributed by atoms with Gasteiger partial charge in [-0.15, -0.1) is 0 Å². The summed E-state index contributed by atoms with van der Waals surface area (Å²) in [5, 5.41) is -0.293. The Bertz CT molecular complexity index is 1020. The van der Waals surface area contributed by atoms with E-state index in [2.05, 4.69) is 0 Å². The summed E-state index contributed by atoms with van der Waals surface area (Å²) in [6, 6.07) is 5.78. The van der Waals surface area contributed by atoms with E-state index in [1.807, 2.05) is 11.8 Å². The number of carbonyl (C=O) groups is 1. The van der Waals surface area contributed by atoms with Gasteiger partial charge < -0.3 is 15.5 Å². The molecule has 1 fully saturated rings. The minimum atomic E-state index is -4.58. The highest BCUT2D eigenvalue weighted by Gasteiger charge is 2.35.